The van der Waals surface area contributed by atoms with Gasteiger partial charge < -0.3 is 15.9 Å². The summed E-state index contributed by atoms with van der Waals surface area (Å²) in [5.74, 6) is -2.15. The smallest absolute Gasteiger partial charge is 0.303 e. The Morgan fingerprint density at radius 3 is 2.18 bits per heavy atom. The number of aliphatic carboxylic acids is 2. The molecule has 0 saturated heterocycles. The van der Waals surface area contributed by atoms with Gasteiger partial charge in [-0.3, -0.25) is 9.59 Å². The molecule has 0 spiro atoms. The lowest BCUT2D eigenvalue weighted by Gasteiger charge is -2.02. The Kier molecular flexibility index (Phi) is 8.00. The molecule has 1 aromatic heterocycles. The number of hydrogen-bond acceptors (Lipinski definition) is 4. The molecule has 1 unspecified atom stereocenters. The third-order valence-corrected chi connectivity index (χ3v) is 2.91. The Labute approximate surface area is 104 Å². The first-order valence-electron chi connectivity index (χ1n) is 5.20. The van der Waals surface area contributed by atoms with Crippen molar-refractivity contribution in [3.63, 3.8) is 0 Å². The van der Waals surface area contributed by atoms with Gasteiger partial charge in [-0.2, -0.15) is 0 Å². The highest BCUT2D eigenvalue weighted by Gasteiger charge is 2.01. The van der Waals surface area contributed by atoms with Gasteiger partial charge in [0.25, 0.3) is 0 Å². The van der Waals surface area contributed by atoms with E-state index in [-0.39, 0.29) is 18.9 Å². The molecule has 4 N–H and O–H groups in total. The Hall–Kier alpha value is -1.40. The van der Waals surface area contributed by atoms with Crippen LogP contribution < -0.4 is 5.73 Å². The largest absolute Gasteiger partial charge is 0.481 e. The molecular weight excluding hydrogens is 242 g/mol. The lowest BCUT2D eigenvalue weighted by Crippen LogP contribution is -2.05. The van der Waals surface area contributed by atoms with Crippen LogP contribution in [0.1, 0.15) is 37.1 Å². The molecule has 0 aliphatic heterocycles. The van der Waals surface area contributed by atoms with Crippen molar-refractivity contribution in [1.29, 1.82) is 0 Å². The Morgan fingerprint density at radius 2 is 1.88 bits per heavy atom. The molecule has 6 heteroatoms. The number of thiophene rings is 1. The van der Waals surface area contributed by atoms with Crippen molar-refractivity contribution in [3.8, 4) is 0 Å². The number of hydrogen-bond donors (Lipinski definition) is 3. The highest BCUT2D eigenvalue weighted by molar-refractivity contribution is 7.10. The van der Waals surface area contributed by atoms with Crippen molar-refractivity contribution < 1.29 is 19.8 Å². The van der Waals surface area contributed by atoms with Gasteiger partial charge in [-0.15, -0.1) is 11.3 Å². The van der Waals surface area contributed by atoms with Crippen LogP contribution in [0, 0.1) is 0 Å². The van der Waals surface area contributed by atoms with Gasteiger partial charge in [0, 0.05) is 10.9 Å². The molecule has 0 radical (unpaired) electrons. The molecule has 1 heterocycles. The third kappa shape index (κ3) is 8.41. The molecule has 0 amide bonds. The normalized spacial score (nSPS) is 11.2. The zero-order chi connectivity index (χ0) is 13.3. The van der Waals surface area contributed by atoms with Gasteiger partial charge in [-0.25, -0.2) is 0 Å². The second-order valence-electron chi connectivity index (χ2n) is 3.32. The molecule has 0 saturated carbocycles. The van der Waals surface area contributed by atoms with E-state index in [0.29, 0.717) is 0 Å². The summed E-state index contributed by atoms with van der Waals surface area (Å²) in [6.45, 7) is 2.10. The fourth-order valence-corrected chi connectivity index (χ4v) is 1.73. The summed E-state index contributed by atoms with van der Waals surface area (Å²) in [4.78, 5) is 20.6. The van der Waals surface area contributed by atoms with Gasteiger partial charge in [0.05, 0.1) is 12.8 Å². The first-order chi connectivity index (χ1) is 7.97. The number of rotatable bonds is 5. The van der Waals surface area contributed by atoms with Crippen LogP contribution in [0.2, 0.25) is 0 Å². The summed E-state index contributed by atoms with van der Waals surface area (Å²) < 4.78 is 0. The van der Waals surface area contributed by atoms with Crippen LogP contribution in [0.5, 0.6) is 0 Å². The zero-order valence-electron chi connectivity index (χ0n) is 9.63. The maximum absolute atomic E-state index is 9.64. The van der Waals surface area contributed by atoms with Crippen molar-refractivity contribution >= 4 is 23.3 Å². The van der Waals surface area contributed by atoms with E-state index < -0.39 is 11.9 Å². The van der Waals surface area contributed by atoms with Gasteiger partial charge in [0.15, 0.2) is 0 Å². The molecule has 0 aliphatic carbocycles. The number of carboxylic acid groups (broad SMARTS) is 2. The molecule has 0 aromatic carbocycles. The number of carboxylic acids is 2. The lowest BCUT2D eigenvalue weighted by molar-refractivity contribution is -0.143. The second-order valence-corrected chi connectivity index (χ2v) is 4.30. The molecule has 17 heavy (non-hydrogen) atoms. The average Bonchev–Trinajstić information content (AvgIpc) is 2.79. The molecule has 1 aromatic rings. The van der Waals surface area contributed by atoms with Crippen LogP contribution in [0.3, 0.4) is 0 Å². The van der Waals surface area contributed by atoms with Gasteiger partial charge in [-0.1, -0.05) is 13.0 Å². The van der Waals surface area contributed by atoms with Crippen LogP contribution in [0.25, 0.3) is 0 Å². The van der Waals surface area contributed by atoms with Gasteiger partial charge in [0.2, 0.25) is 0 Å². The first kappa shape index (κ1) is 15.6. The van der Waals surface area contributed by atoms with E-state index in [0.717, 1.165) is 6.42 Å². The first-order valence-corrected chi connectivity index (χ1v) is 6.07. The van der Waals surface area contributed by atoms with E-state index >= 15 is 0 Å². The fourth-order valence-electron chi connectivity index (χ4n) is 0.917. The maximum atomic E-state index is 9.64. The van der Waals surface area contributed by atoms with Crippen LogP contribution >= 0.6 is 11.3 Å². The van der Waals surface area contributed by atoms with Crippen LogP contribution in [0.4, 0.5) is 0 Å². The van der Waals surface area contributed by atoms with Crippen molar-refractivity contribution in [2.75, 3.05) is 0 Å². The number of nitrogens with two attached hydrogens (primary N) is 1. The van der Waals surface area contributed by atoms with E-state index in [1.165, 1.54) is 4.88 Å². The van der Waals surface area contributed by atoms with Crippen LogP contribution in [-0.2, 0) is 9.59 Å². The van der Waals surface area contributed by atoms with E-state index in [9.17, 15) is 9.59 Å². The zero-order valence-corrected chi connectivity index (χ0v) is 10.4. The van der Waals surface area contributed by atoms with Gasteiger partial charge in [-0.05, 0) is 17.9 Å². The van der Waals surface area contributed by atoms with E-state index in [2.05, 4.69) is 18.4 Å². The summed E-state index contributed by atoms with van der Waals surface area (Å²) in [7, 11) is 0. The molecule has 96 valence electrons. The minimum Gasteiger partial charge on any atom is -0.481 e. The van der Waals surface area contributed by atoms with Crippen molar-refractivity contribution in [3.05, 3.63) is 22.4 Å². The Morgan fingerprint density at radius 1 is 1.35 bits per heavy atom. The van der Waals surface area contributed by atoms with Crippen molar-refractivity contribution in [2.45, 2.75) is 32.2 Å². The van der Waals surface area contributed by atoms with E-state index in [4.69, 9.17) is 15.9 Å². The molecule has 5 nitrogen and oxygen atoms in total. The summed E-state index contributed by atoms with van der Waals surface area (Å²) >= 11 is 1.73. The number of carbonyl (C=O) groups is 2. The SMILES string of the molecule is CCC(N)c1cccs1.O=C(O)CCC(=O)O. The summed E-state index contributed by atoms with van der Waals surface area (Å²) in [6.07, 6.45) is 0.436. The standard InChI is InChI=1S/C7H11NS.C4H6O4/c1-2-6(8)7-4-3-5-9-7;5-3(6)1-2-4(7)8/h3-6H,2,8H2,1H3;1-2H2,(H,5,6)(H,7,8). The second kappa shape index (κ2) is 8.72. The predicted octanol–water partition coefficient (Wildman–Crippen LogP) is 2.09. The van der Waals surface area contributed by atoms with Gasteiger partial charge in [0.1, 0.15) is 0 Å². The average molecular weight is 259 g/mol. The summed E-state index contributed by atoms with van der Waals surface area (Å²) in [5, 5.41) is 17.9. The highest BCUT2D eigenvalue weighted by Crippen LogP contribution is 2.18. The van der Waals surface area contributed by atoms with Gasteiger partial charge >= 0.3 is 11.9 Å². The minimum absolute atomic E-state index is 0.255. The predicted molar refractivity (Wildman–Crippen MR) is 66.0 cm³/mol. The van der Waals surface area contributed by atoms with Crippen LogP contribution in [0.15, 0.2) is 17.5 Å². The quantitative estimate of drug-likeness (QED) is 0.751. The maximum Gasteiger partial charge on any atom is 0.303 e. The minimum atomic E-state index is -1.08. The monoisotopic (exact) mass is 259 g/mol. The molecular formula is C11H17NO4S. The van der Waals surface area contributed by atoms with Crippen molar-refractivity contribution in [2.24, 2.45) is 5.73 Å². The highest BCUT2D eigenvalue weighted by atomic mass is 32.1. The molecule has 0 fully saturated rings. The topological polar surface area (TPSA) is 101 Å². The van der Waals surface area contributed by atoms with Crippen LogP contribution in [-0.4, -0.2) is 22.2 Å². The Bertz CT molecular complexity index is 323. The van der Waals surface area contributed by atoms with Crippen molar-refractivity contribution in [1.82, 2.24) is 0 Å². The Balaban J connectivity index is 0.000000304. The molecule has 0 aliphatic rings. The molecule has 1 atom stereocenters. The summed E-state index contributed by atoms with van der Waals surface area (Å²) in [5.41, 5.74) is 5.75. The summed E-state index contributed by atoms with van der Waals surface area (Å²) in [6, 6.07) is 4.37. The fraction of sp³-hybridized carbons (Fsp3) is 0.455. The molecule has 0 bridgehead atoms. The molecule has 1 rings (SSSR count). The van der Waals surface area contributed by atoms with E-state index in [1.54, 1.807) is 11.3 Å². The van der Waals surface area contributed by atoms with E-state index in [1.807, 2.05) is 6.07 Å². The lowest BCUT2D eigenvalue weighted by atomic mass is 10.2. The third-order valence-electron chi connectivity index (χ3n) is 1.90.